The highest BCUT2D eigenvalue weighted by molar-refractivity contribution is 7.85. The molecule has 0 N–H and O–H groups in total. The fourth-order valence-corrected chi connectivity index (χ4v) is 3.14. The van der Waals surface area contributed by atoms with Crippen LogP contribution in [0.2, 0.25) is 0 Å². The average Bonchev–Trinajstić information content (AvgIpc) is 3.06. The molecule has 0 bridgehead atoms. The summed E-state index contributed by atoms with van der Waals surface area (Å²) in [4.78, 5) is 0. The molecule has 7 heteroatoms. The zero-order valence-corrected chi connectivity index (χ0v) is 16.5. The first kappa shape index (κ1) is 20.6. The van der Waals surface area contributed by atoms with Crippen LogP contribution in [0.5, 0.6) is 0 Å². The lowest BCUT2D eigenvalue weighted by atomic mass is 10.1. The highest BCUT2D eigenvalue weighted by Gasteiger charge is 2.05. The van der Waals surface area contributed by atoms with E-state index >= 15 is 0 Å². The van der Waals surface area contributed by atoms with Gasteiger partial charge < -0.3 is 0 Å². The molecule has 1 aromatic carbocycles. The molecule has 0 unspecified atom stereocenters. The number of hydrogen-bond acceptors (Lipinski definition) is 5. The predicted octanol–water partition coefficient (Wildman–Crippen LogP) is 3.69. The molecule has 0 aliphatic carbocycles. The number of aromatic nitrogens is 3. The van der Waals surface area contributed by atoms with E-state index in [-0.39, 0.29) is 6.61 Å². The van der Waals surface area contributed by atoms with Gasteiger partial charge in [0, 0.05) is 0 Å². The van der Waals surface area contributed by atoms with Crippen molar-refractivity contribution in [2.24, 2.45) is 0 Å². The van der Waals surface area contributed by atoms with E-state index in [9.17, 15) is 8.42 Å². The summed E-state index contributed by atoms with van der Waals surface area (Å²) < 4.78 is 28.5. The molecule has 0 amide bonds. The van der Waals surface area contributed by atoms with Crippen molar-refractivity contribution in [1.82, 2.24) is 15.0 Å². The van der Waals surface area contributed by atoms with Crippen LogP contribution in [-0.4, -0.2) is 36.3 Å². The first-order chi connectivity index (χ1) is 12.5. The van der Waals surface area contributed by atoms with Gasteiger partial charge in [-0.1, -0.05) is 56.4 Å². The minimum atomic E-state index is -3.38. The Hall–Kier alpha value is -1.73. The summed E-state index contributed by atoms with van der Waals surface area (Å²) in [6.45, 7) is 2.39. The van der Waals surface area contributed by atoms with Gasteiger partial charge in [-0.2, -0.15) is 8.42 Å². The zero-order chi connectivity index (χ0) is 18.8. The summed E-state index contributed by atoms with van der Waals surface area (Å²) >= 11 is 0. The Balaban J connectivity index is 1.79. The second-order valence-electron chi connectivity index (χ2n) is 6.61. The van der Waals surface area contributed by atoms with E-state index < -0.39 is 10.1 Å². The van der Waals surface area contributed by atoms with Gasteiger partial charge in [-0.15, -0.1) is 5.10 Å². The molecule has 0 aliphatic rings. The standard InChI is InChI=1S/C19H29N3O3S/c1-3-4-5-6-7-8-9-18-16-22(21-20-18)19-12-10-17(11-13-19)14-15-25-26(2,23)24/h10-13,16H,3-9,14-15H2,1-2H3. The molecule has 26 heavy (non-hydrogen) atoms. The maximum Gasteiger partial charge on any atom is 0.264 e. The van der Waals surface area contributed by atoms with Crippen LogP contribution in [0.1, 0.15) is 56.7 Å². The first-order valence-electron chi connectivity index (χ1n) is 9.33. The Morgan fingerprint density at radius 2 is 1.69 bits per heavy atom. The van der Waals surface area contributed by atoms with Crippen LogP contribution in [0.4, 0.5) is 0 Å². The Morgan fingerprint density at radius 3 is 2.38 bits per heavy atom. The molecule has 2 aromatic rings. The van der Waals surface area contributed by atoms with E-state index in [1.807, 2.05) is 30.5 Å². The van der Waals surface area contributed by atoms with Gasteiger partial charge in [0.05, 0.1) is 30.4 Å². The van der Waals surface area contributed by atoms with Gasteiger partial charge in [-0.3, -0.25) is 4.18 Å². The number of aryl methyl sites for hydroxylation is 1. The Bertz CT molecular complexity index is 755. The fourth-order valence-electron chi connectivity index (χ4n) is 2.75. The van der Waals surface area contributed by atoms with E-state index in [4.69, 9.17) is 4.18 Å². The second-order valence-corrected chi connectivity index (χ2v) is 8.26. The smallest absolute Gasteiger partial charge is 0.264 e. The van der Waals surface area contributed by atoms with E-state index in [0.717, 1.165) is 36.0 Å². The van der Waals surface area contributed by atoms with Crippen LogP contribution in [0.15, 0.2) is 30.5 Å². The van der Waals surface area contributed by atoms with Gasteiger partial charge in [0.15, 0.2) is 0 Å². The molecule has 6 nitrogen and oxygen atoms in total. The summed E-state index contributed by atoms with van der Waals surface area (Å²) in [5.74, 6) is 0. The molecular weight excluding hydrogens is 350 g/mol. The maximum atomic E-state index is 11.0. The van der Waals surface area contributed by atoms with Crippen molar-refractivity contribution in [3.63, 3.8) is 0 Å². The zero-order valence-electron chi connectivity index (χ0n) is 15.7. The Labute approximate surface area is 156 Å². The Morgan fingerprint density at radius 1 is 1.00 bits per heavy atom. The van der Waals surface area contributed by atoms with E-state index in [0.29, 0.717) is 6.42 Å². The summed E-state index contributed by atoms with van der Waals surface area (Å²) in [6, 6.07) is 7.82. The van der Waals surface area contributed by atoms with Crippen molar-refractivity contribution in [3.05, 3.63) is 41.7 Å². The highest BCUT2D eigenvalue weighted by Crippen LogP contribution is 2.12. The second kappa shape index (κ2) is 10.4. The maximum absolute atomic E-state index is 11.0. The molecule has 0 saturated heterocycles. The van der Waals surface area contributed by atoms with Gasteiger partial charge in [-0.05, 0) is 37.0 Å². The Kier molecular flexibility index (Phi) is 8.25. The van der Waals surface area contributed by atoms with Crippen LogP contribution in [0, 0.1) is 0 Å². The predicted molar refractivity (Wildman–Crippen MR) is 103 cm³/mol. The number of benzene rings is 1. The van der Waals surface area contributed by atoms with Crippen LogP contribution in [0.3, 0.4) is 0 Å². The van der Waals surface area contributed by atoms with Gasteiger partial charge in [-0.25, -0.2) is 4.68 Å². The number of unbranched alkanes of at least 4 members (excludes halogenated alkanes) is 5. The largest absolute Gasteiger partial charge is 0.270 e. The van der Waals surface area contributed by atoms with Gasteiger partial charge in [0.25, 0.3) is 10.1 Å². The summed E-state index contributed by atoms with van der Waals surface area (Å²) in [7, 11) is -3.38. The molecule has 0 fully saturated rings. The minimum absolute atomic E-state index is 0.157. The van der Waals surface area contributed by atoms with E-state index in [1.165, 1.54) is 32.1 Å². The topological polar surface area (TPSA) is 74.1 Å². The quantitative estimate of drug-likeness (QED) is 0.415. The lowest BCUT2D eigenvalue weighted by Crippen LogP contribution is -2.06. The molecule has 0 atom stereocenters. The number of rotatable bonds is 12. The van der Waals surface area contributed by atoms with Crippen molar-refractivity contribution in [1.29, 1.82) is 0 Å². The third-order valence-electron chi connectivity index (χ3n) is 4.22. The van der Waals surface area contributed by atoms with Gasteiger partial charge in [0.1, 0.15) is 0 Å². The van der Waals surface area contributed by atoms with Crippen molar-refractivity contribution in [2.45, 2.75) is 58.3 Å². The molecule has 0 radical (unpaired) electrons. The molecule has 0 aliphatic heterocycles. The SMILES string of the molecule is CCCCCCCCc1cn(-c2ccc(CCOS(C)(=O)=O)cc2)nn1. The normalized spacial score (nSPS) is 11.8. The van der Waals surface area contributed by atoms with Crippen molar-refractivity contribution in [2.75, 3.05) is 12.9 Å². The lowest BCUT2D eigenvalue weighted by molar-refractivity contribution is 0.326. The third-order valence-corrected chi connectivity index (χ3v) is 4.81. The highest BCUT2D eigenvalue weighted by atomic mass is 32.2. The van der Waals surface area contributed by atoms with Crippen molar-refractivity contribution >= 4 is 10.1 Å². The van der Waals surface area contributed by atoms with E-state index in [1.54, 1.807) is 4.68 Å². The third kappa shape index (κ3) is 7.66. The van der Waals surface area contributed by atoms with Crippen LogP contribution in [-0.2, 0) is 27.1 Å². The molecule has 1 aromatic heterocycles. The monoisotopic (exact) mass is 379 g/mol. The van der Waals surface area contributed by atoms with Crippen molar-refractivity contribution < 1.29 is 12.6 Å². The summed E-state index contributed by atoms with van der Waals surface area (Å²) in [5, 5.41) is 8.45. The molecule has 0 saturated carbocycles. The number of nitrogens with zero attached hydrogens (tertiary/aromatic N) is 3. The molecule has 1 heterocycles. The first-order valence-corrected chi connectivity index (χ1v) is 11.1. The van der Waals surface area contributed by atoms with E-state index in [2.05, 4.69) is 17.2 Å². The van der Waals surface area contributed by atoms with Gasteiger partial charge >= 0.3 is 0 Å². The summed E-state index contributed by atoms with van der Waals surface area (Å²) in [5.41, 5.74) is 2.98. The van der Waals surface area contributed by atoms with Crippen LogP contribution < -0.4 is 0 Å². The average molecular weight is 380 g/mol. The minimum Gasteiger partial charge on any atom is -0.270 e. The van der Waals surface area contributed by atoms with Crippen molar-refractivity contribution in [3.8, 4) is 5.69 Å². The lowest BCUT2D eigenvalue weighted by Gasteiger charge is -2.04. The molecular formula is C19H29N3O3S. The molecule has 144 valence electrons. The molecule has 2 rings (SSSR count). The number of hydrogen-bond donors (Lipinski definition) is 0. The fraction of sp³-hybridized carbons (Fsp3) is 0.579. The summed E-state index contributed by atoms with van der Waals surface area (Å²) in [6.07, 6.45) is 12.2. The van der Waals surface area contributed by atoms with Crippen LogP contribution in [0.25, 0.3) is 5.69 Å². The van der Waals surface area contributed by atoms with Crippen LogP contribution >= 0.6 is 0 Å². The molecule has 0 spiro atoms. The van der Waals surface area contributed by atoms with Gasteiger partial charge in [0.2, 0.25) is 0 Å².